The quantitative estimate of drug-likeness (QED) is 0.703. The summed E-state index contributed by atoms with van der Waals surface area (Å²) in [5.41, 5.74) is -0.901. The van der Waals surface area contributed by atoms with E-state index in [9.17, 15) is 19.5 Å². The van der Waals surface area contributed by atoms with E-state index in [0.29, 0.717) is 5.56 Å². The summed E-state index contributed by atoms with van der Waals surface area (Å²) in [7, 11) is 0. The molecule has 8 heteroatoms. The molecule has 0 unspecified atom stereocenters. The third kappa shape index (κ3) is 2.97. The van der Waals surface area contributed by atoms with E-state index < -0.39 is 29.7 Å². The van der Waals surface area contributed by atoms with Gasteiger partial charge >= 0.3 is 5.69 Å². The summed E-state index contributed by atoms with van der Waals surface area (Å²) in [6.07, 6.45) is -0.959. The Kier molecular flexibility index (Phi) is 4.40. The van der Waals surface area contributed by atoms with Crippen LogP contribution in [0.25, 0.3) is 0 Å². The highest BCUT2D eigenvalue weighted by Crippen LogP contribution is 2.27. The second-order valence-electron chi connectivity index (χ2n) is 5.21. The van der Waals surface area contributed by atoms with E-state index in [-0.39, 0.29) is 25.4 Å². The van der Waals surface area contributed by atoms with Crippen molar-refractivity contribution >= 4 is 5.78 Å². The molecular formula is C13H18N2O6. The fourth-order valence-electron chi connectivity index (χ4n) is 2.38. The van der Waals surface area contributed by atoms with Gasteiger partial charge < -0.3 is 14.9 Å². The molecule has 0 saturated carbocycles. The molecule has 2 heterocycles. The highest BCUT2D eigenvalue weighted by atomic mass is 16.5. The van der Waals surface area contributed by atoms with Crippen molar-refractivity contribution in [3.05, 3.63) is 32.6 Å². The average Bonchev–Trinajstić information content (AvgIpc) is 2.79. The lowest BCUT2D eigenvalue weighted by molar-refractivity contribution is -0.117. The van der Waals surface area contributed by atoms with Crippen molar-refractivity contribution < 1.29 is 19.7 Å². The Morgan fingerprint density at radius 3 is 2.67 bits per heavy atom. The van der Waals surface area contributed by atoms with Crippen LogP contribution in [0.15, 0.2) is 15.8 Å². The van der Waals surface area contributed by atoms with Crippen molar-refractivity contribution in [3.63, 3.8) is 0 Å². The van der Waals surface area contributed by atoms with E-state index in [1.165, 1.54) is 24.6 Å². The van der Waals surface area contributed by atoms with E-state index in [0.717, 1.165) is 4.57 Å². The lowest BCUT2D eigenvalue weighted by Crippen LogP contribution is -2.43. The first-order valence-corrected chi connectivity index (χ1v) is 6.61. The van der Waals surface area contributed by atoms with Crippen LogP contribution in [0.3, 0.4) is 0 Å². The van der Waals surface area contributed by atoms with E-state index in [2.05, 4.69) is 0 Å². The van der Waals surface area contributed by atoms with Crippen LogP contribution in [0.2, 0.25) is 0 Å². The Bertz CT molecular complexity index is 662. The Balaban J connectivity index is 2.46. The van der Waals surface area contributed by atoms with Crippen LogP contribution in [0.5, 0.6) is 0 Å². The van der Waals surface area contributed by atoms with Gasteiger partial charge in [-0.15, -0.1) is 0 Å². The van der Waals surface area contributed by atoms with Gasteiger partial charge in [-0.1, -0.05) is 0 Å². The molecule has 1 aromatic rings. The minimum atomic E-state index is -0.889. The standard InChI is InChI=1S/C13H18N2O6/c1-7-4-14(11-3-9(18)10(6-16)21-11)13(20)15(12(7)19)5-8(2)17/h4,9-11,16,18H,3,5-6H2,1-2H3/t9-,10+,11+/m0/s1. The van der Waals surface area contributed by atoms with Crippen molar-refractivity contribution in [1.82, 2.24) is 9.13 Å². The summed E-state index contributed by atoms with van der Waals surface area (Å²) < 4.78 is 7.43. The maximum Gasteiger partial charge on any atom is 0.333 e. The lowest BCUT2D eigenvalue weighted by Gasteiger charge is -2.17. The summed E-state index contributed by atoms with van der Waals surface area (Å²) in [4.78, 5) is 35.5. The first-order chi connectivity index (χ1) is 9.85. The Morgan fingerprint density at radius 1 is 1.48 bits per heavy atom. The molecule has 3 atom stereocenters. The van der Waals surface area contributed by atoms with Crippen molar-refractivity contribution in [3.8, 4) is 0 Å². The van der Waals surface area contributed by atoms with Gasteiger partial charge in [0.25, 0.3) is 5.56 Å². The second-order valence-corrected chi connectivity index (χ2v) is 5.21. The molecule has 1 aliphatic rings. The van der Waals surface area contributed by atoms with Crippen LogP contribution in [0.1, 0.15) is 25.1 Å². The van der Waals surface area contributed by atoms with Crippen LogP contribution >= 0.6 is 0 Å². The number of hydrogen-bond donors (Lipinski definition) is 2. The van der Waals surface area contributed by atoms with Crippen LogP contribution in [0, 0.1) is 6.92 Å². The third-order valence-electron chi connectivity index (χ3n) is 3.44. The fraction of sp³-hybridized carbons (Fsp3) is 0.615. The number of nitrogens with zero attached hydrogens (tertiary/aromatic N) is 2. The molecule has 1 aliphatic heterocycles. The molecule has 0 aliphatic carbocycles. The summed E-state index contributed by atoms with van der Waals surface area (Å²) in [6, 6.07) is 0. The fourth-order valence-corrected chi connectivity index (χ4v) is 2.38. The zero-order chi connectivity index (χ0) is 15.7. The predicted octanol–water partition coefficient (Wildman–Crippen LogP) is -1.45. The molecule has 0 spiro atoms. The largest absolute Gasteiger partial charge is 0.394 e. The topological polar surface area (TPSA) is 111 Å². The zero-order valence-electron chi connectivity index (χ0n) is 11.9. The van der Waals surface area contributed by atoms with Crippen LogP contribution in [-0.4, -0.2) is 43.9 Å². The van der Waals surface area contributed by atoms with E-state index in [4.69, 9.17) is 9.84 Å². The van der Waals surface area contributed by atoms with Crippen LogP contribution < -0.4 is 11.2 Å². The molecule has 0 amide bonds. The number of ether oxygens (including phenoxy) is 1. The van der Waals surface area contributed by atoms with Crippen molar-refractivity contribution in [1.29, 1.82) is 0 Å². The molecule has 0 bridgehead atoms. The second kappa shape index (κ2) is 5.92. The lowest BCUT2D eigenvalue weighted by atomic mass is 10.2. The van der Waals surface area contributed by atoms with Gasteiger partial charge in [-0.05, 0) is 13.8 Å². The molecule has 1 saturated heterocycles. The molecular weight excluding hydrogens is 280 g/mol. The number of Topliss-reactive ketones (excluding diaryl/α,β-unsaturated/α-hetero) is 1. The molecule has 8 nitrogen and oxygen atoms in total. The predicted molar refractivity (Wildman–Crippen MR) is 72.0 cm³/mol. The number of aryl methyl sites for hydroxylation is 1. The Labute approximate surface area is 120 Å². The van der Waals surface area contributed by atoms with Gasteiger partial charge in [0.1, 0.15) is 18.1 Å². The van der Waals surface area contributed by atoms with Crippen LogP contribution in [-0.2, 0) is 16.1 Å². The summed E-state index contributed by atoms with van der Waals surface area (Å²) in [6.45, 7) is 2.15. The third-order valence-corrected chi connectivity index (χ3v) is 3.44. The van der Waals surface area contributed by atoms with Gasteiger partial charge in [-0.25, -0.2) is 4.79 Å². The molecule has 116 valence electrons. The molecule has 21 heavy (non-hydrogen) atoms. The van der Waals surface area contributed by atoms with Crippen molar-refractivity contribution in [2.45, 2.75) is 45.2 Å². The zero-order valence-corrected chi connectivity index (χ0v) is 11.9. The van der Waals surface area contributed by atoms with Crippen LogP contribution in [0.4, 0.5) is 0 Å². The number of aromatic nitrogens is 2. The molecule has 2 N–H and O–H groups in total. The minimum absolute atomic E-state index is 0.128. The number of aliphatic hydroxyl groups excluding tert-OH is 2. The number of aliphatic hydroxyl groups is 2. The molecule has 1 fully saturated rings. The van der Waals surface area contributed by atoms with E-state index >= 15 is 0 Å². The van der Waals surface area contributed by atoms with Gasteiger partial charge in [0, 0.05) is 18.2 Å². The summed E-state index contributed by atoms with van der Waals surface area (Å²) in [5.74, 6) is -0.313. The maximum absolute atomic E-state index is 12.3. The number of hydrogen-bond acceptors (Lipinski definition) is 6. The van der Waals surface area contributed by atoms with E-state index in [1.807, 2.05) is 0 Å². The average molecular weight is 298 g/mol. The van der Waals surface area contributed by atoms with Gasteiger partial charge in [-0.3, -0.25) is 18.7 Å². The van der Waals surface area contributed by atoms with Crippen molar-refractivity contribution in [2.75, 3.05) is 6.61 Å². The van der Waals surface area contributed by atoms with E-state index in [1.54, 1.807) is 0 Å². The smallest absolute Gasteiger partial charge is 0.333 e. The normalized spacial score (nSPS) is 25.2. The van der Waals surface area contributed by atoms with Gasteiger partial charge in [-0.2, -0.15) is 0 Å². The molecule has 0 aromatic carbocycles. The molecule has 1 aromatic heterocycles. The Hall–Kier alpha value is -1.77. The molecule has 0 radical (unpaired) electrons. The molecule has 2 rings (SSSR count). The number of rotatable bonds is 4. The SMILES string of the molecule is CC(=O)Cn1c(=O)c(C)cn([C@H]2C[C@H](O)[C@@H](CO)O2)c1=O. The Morgan fingerprint density at radius 2 is 2.14 bits per heavy atom. The number of ketones is 1. The first kappa shape index (κ1) is 15.6. The van der Waals surface area contributed by atoms with Crippen molar-refractivity contribution in [2.24, 2.45) is 0 Å². The summed E-state index contributed by atoms with van der Waals surface area (Å²) in [5, 5.41) is 18.8. The number of carbonyl (C=O) groups is 1. The monoisotopic (exact) mass is 298 g/mol. The number of carbonyl (C=O) groups excluding carboxylic acids is 1. The van der Waals surface area contributed by atoms with Gasteiger partial charge in [0.2, 0.25) is 0 Å². The highest BCUT2D eigenvalue weighted by Gasteiger charge is 2.35. The van der Waals surface area contributed by atoms with Gasteiger partial charge in [0.15, 0.2) is 0 Å². The van der Waals surface area contributed by atoms with Gasteiger partial charge in [0.05, 0.1) is 19.3 Å². The highest BCUT2D eigenvalue weighted by molar-refractivity contribution is 5.75. The summed E-state index contributed by atoms with van der Waals surface area (Å²) >= 11 is 0. The maximum atomic E-state index is 12.3. The first-order valence-electron chi connectivity index (χ1n) is 6.61. The minimum Gasteiger partial charge on any atom is -0.394 e.